The van der Waals surface area contributed by atoms with Crippen molar-refractivity contribution in [1.29, 1.82) is 0 Å². The second-order valence-corrected chi connectivity index (χ2v) is 6.34. The number of hydrogen-bond donors (Lipinski definition) is 1. The van der Waals surface area contributed by atoms with Crippen molar-refractivity contribution in [3.63, 3.8) is 0 Å². The Balaban J connectivity index is 1.69. The first-order chi connectivity index (χ1) is 11.3. The monoisotopic (exact) mass is 318 g/mol. The zero-order valence-electron chi connectivity index (χ0n) is 12.5. The van der Waals surface area contributed by atoms with E-state index in [1.807, 2.05) is 24.5 Å². The van der Waals surface area contributed by atoms with Crippen molar-refractivity contribution in [3.8, 4) is 11.1 Å². The maximum Gasteiger partial charge on any atom is 0.188 e. The maximum absolute atomic E-state index is 4.63. The van der Waals surface area contributed by atoms with Crippen molar-refractivity contribution in [3.05, 3.63) is 66.7 Å². The van der Waals surface area contributed by atoms with Crippen LogP contribution in [0.3, 0.4) is 0 Å². The molecule has 0 saturated heterocycles. The smallest absolute Gasteiger partial charge is 0.188 e. The first-order valence-corrected chi connectivity index (χ1v) is 8.09. The Labute approximate surface area is 137 Å². The van der Waals surface area contributed by atoms with Crippen LogP contribution >= 0.6 is 11.3 Å². The molecule has 0 radical (unpaired) electrons. The molecule has 3 aromatic heterocycles. The third-order valence-electron chi connectivity index (χ3n) is 3.53. The van der Waals surface area contributed by atoms with Gasteiger partial charge in [0.2, 0.25) is 0 Å². The second kappa shape index (κ2) is 5.78. The summed E-state index contributed by atoms with van der Waals surface area (Å²) >= 11 is 1.64. The highest BCUT2D eigenvalue weighted by molar-refractivity contribution is 7.22. The van der Waals surface area contributed by atoms with Crippen molar-refractivity contribution in [2.75, 3.05) is 5.32 Å². The van der Waals surface area contributed by atoms with Gasteiger partial charge in [-0.25, -0.2) is 4.98 Å². The summed E-state index contributed by atoms with van der Waals surface area (Å²) < 4.78 is 1.15. The molecule has 5 heteroatoms. The highest BCUT2D eigenvalue weighted by Gasteiger charge is 2.06. The number of anilines is 2. The molecule has 1 aromatic carbocycles. The molecule has 0 saturated carbocycles. The van der Waals surface area contributed by atoms with E-state index in [-0.39, 0.29) is 0 Å². The summed E-state index contributed by atoms with van der Waals surface area (Å²) in [6.45, 7) is 2.05. The molecule has 0 spiro atoms. The van der Waals surface area contributed by atoms with Crippen LogP contribution < -0.4 is 5.32 Å². The van der Waals surface area contributed by atoms with Gasteiger partial charge >= 0.3 is 0 Å². The van der Waals surface area contributed by atoms with Gasteiger partial charge < -0.3 is 5.32 Å². The van der Waals surface area contributed by atoms with Crippen LogP contribution in [0.25, 0.3) is 21.3 Å². The number of aryl methyl sites for hydroxylation is 1. The quantitative estimate of drug-likeness (QED) is 0.589. The molecular weight excluding hydrogens is 304 g/mol. The van der Waals surface area contributed by atoms with Crippen LogP contribution in [-0.4, -0.2) is 15.0 Å². The molecule has 0 bridgehead atoms. The van der Waals surface area contributed by atoms with E-state index in [2.05, 4.69) is 51.5 Å². The molecule has 0 unspecified atom stereocenters. The van der Waals surface area contributed by atoms with Crippen LogP contribution in [0, 0.1) is 6.92 Å². The van der Waals surface area contributed by atoms with Gasteiger partial charge in [0.1, 0.15) is 0 Å². The fourth-order valence-corrected chi connectivity index (χ4v) is 3.35. The number of rotatable bonds is 3. The van der Waals surface area contributed by atoms with Crippen LogP contribution in [0.5, 0.6) is 0 Å². The Morgan fingerprint density at radius 3 is 2.61 bits per heavy atom. The Morgan fingerprint density at radius 2 is 1.78 bits per heavy atom. The van der Waals surface area contributed by atoms with Crippen molar-refractivity contribution >= 4 is 32.4 Å². The van der Waals surface area contributed by atoms with Gasteiger partial charge in [-0.2, -0.15) is 0 Å². The van der Waals surface area contributed by atoms with E-state index < -0.39 is 0 Å². The van der Waals surface area contributed by atoms with Crippen LogP contribution in [0.15, 0.2) is 61.2 Å². The molecule has 0 amide bonds. The molecule has 23 heavy (non-hydrogen) atoms. The van der Waals surface area contributed by atoms with Gasteiger partial charge in [0.05, 0.1) is 10.2 Å². The van der Waals surface area contributed by atoms with E-state index >= 15 is 0 Å². The molecule has 4 aromatic rings. The summed E-state index contributed by atoms with van der Waals surface area (Å²) in [5, 5.41) is 4.20. The predicted molar refractivity (Wildman–Crippen MR) is 95.1 cm³/mol. The second-order valence-electron chi connectivity index (χ2n) is 5.31. The largest absolute Gasteiger partial charge is 0.331 e. The van der Waals surface area contributed by atoms with Crippen molar-refractivity contribution in [2.45, 2.75) is 6.92 Å². The van der Waals surface area contributed by atoms with Crippen LogP contribution in [0.4, 0.5) is 10.8 Å². The minimum absolute atomic E-state index is 0.880. The fraction of sp³-hybridized carbons (Fsp3) is 0.0556. The minimum atomic E-state index is 0.880. The minimum Gasteiger partial charge on any atom is -0.331 e. The first-order valence-electron chi connectivity index (χ1n) is 7.28. The zero-order valence-corrected chi connectivity index (χ0v) is 13.3. The van der Waals surface area contributed by atoms with E-state index in [9.17, 15) is 0 Å². The number of aromatic nitrogens is 3. The fourth-order valence-electron chi connectivity index (χ4n) is 2.43. The number of thiazole rings is 1. The lowest BCUT2D eigenvalue weighted by Crippen LogP contribution is -1.88. The van der Waals surface area contributed by atoms with Crippen molar-refractivity contribution in [2.24, 2.45) is 0 Å². The number of hydrogen-bond acceptors (Lipinski definition) is 5. The SMILES string of the molecule is Cc1cncc(-c2ccc3nc(Nc4ccncc4)sc3c2)c1. The van der Waals surface area contributed by atoms with E-state index in [1.54, 1.807) is 23.7 Å². The van der Waals surface area contributed by atoms with Crippen LogP contribution in [0.1, 0.15) is 5.56 Å². The summed E-state index contributed by atoms with van der Waals surface area (Å²) in [6, 6.07) is 12.3. The topological polar surface area (TPSA) is 50.7 Å². The standard InChI is InChI=1S/C18H14N4S/c1-12-8-14(11-20-10-12)13-2-3-16-17(9-13)23-18(22-16)21-15-4-6-19-7-5-15/h2-11H,1H3,(H,19,21,22). The van der Waals surface area contributed by atoms with Gasteiger partial charge in [-0.15, -0.1) is 0 Å². The average Bonchev–Trinajstić information content (AvgIpc) is 2.97. The molecule has 4 rings (SSSR count). The van der Waals surface area contributed by atoms with Crippen LogP contribution in [0.2, 0.25) is 0 Å². The highest BCUT2D eigenvalue weighted by Crippen LogP contribution is 2.31. The molecule has 0 aliphatic rings. The third-order valence-corrected chi connectivity index (χ3v) is 4.46. The number of nitrogens with zero attached hydrogens (tertiary/aromatic N) is 3. The zero-order chi connectivity index (χ0) is 15.6. The summed E-state index contributed by atoms with van der Waals surface area (Å²) in [4.78, 5) is 12.9. The highest BCUT2D eigenvalue weighted by atomic mass is 32.1. The number of fused-ring (bicyclic) bond motifs is 1. The maximum atomic E-state index is 4.63. The number of benzene rings is 1. The third kappa shape index (κ3) is 2.91. The van der Waals surface area contributed by atoms with Crippen molar-refractivity contribution in [1.82, 2.24) is 15.0 Å². The molecule has 0 fully saturated rings. The van der Waals surface area contributed by atoms with Gasteiger partial charge in [0, 0.05) is 36.0 Å². The molecule has 3 heterocycles. The summed E-state index contributed by atoms with van der Waals surface area (Å²) in [6.07, 6.45) is 7.29. The van der Waals surface area contributed by atoms with E-state index in [1.165, 1.54) is 0 Å². The lowest BCUT2D eigenvalue weighted by molar-refractivity contribution is 1.27. The molecule has 4 nitrogen and oxygen atoms in total. The Morgan fingerprint density at radius 1 is 0.913 bits per heavy atom. The van der Waals surface area contributed by atoms with Gasteiger partial charge in [-0.1, -0.05) is 17.4 Å². The summed E-state index contributed by atoms with van der Waals surface area (Å²) in [5.74, 6) is 0. The normalized spacial score (nSPS) is 10.8. The van der Waals surface area contributed by atoms with Gasteiger partial charge in [0.15, 0.2) is 5.13 Å². The summed E-state index contributed by atoms with van der Waals surface area (Å²) in [5.41, 5.74) is 5.43. The van der Waals surface area contributed by atoms with Gasteiger partial charge in [0.25, 0.3) is 0 Å². The molecule has 0 aliphatic carbocycles. The lowest BCUT2D eigenvalue weighted by Gasteiger charge is -2.01. The average molecular weight is 318 g/mol. The number of pyridine rings is 2. The lowest BCUT2D eigenvalue weighted by atomic mass is 10.1. The van der Waals surface area contributed by atoms with E-state index in [4.69, 9.17) is 0 Å². The first kappa shape index (κ1) is 13.8. The van der Waals surface area contributed by atoms with Crippen molar-refractivity contribution < 1.29 is 0 Å². The summed E-state index contributed by atoms with van der Waals surface area (Å²) in [7, 11) is 0. The molecule has 0 atom stereocenters. The Bertz CT molecular complexity index is 963. The Kier molecular flexibility index (Phi) is 3.48. The molecular formula is C18H14N4S. The molecule has 112 valence electrons. The van der Waals surface area contributed by atoms with Gasteiger partial charge in [-0.3, -0.25) is 9.97 Å². The van der Waals surface area contributed by atoms with Gasteiger partial charge in [-0.05, 0) is 48.4 Å². The predicted octanol–water partition coefficient (Wildman–Crippen LogP) is 4.81. The molecule has 0 aliphatic heterocycles. The van der Waals surface area contributed by atoms with Crippen LogP contribution in [-0.2, 0) is 0 Å². The Hall–Kier alpha value is -2.79. The van der Waals surface area contributed by atoms with E-state index in [0.717, 1.165) is 37.7 Å². The number of nitrogens with one attached hydrogen (secondary N) is 1. The molecule has 1 N–H and O–H groups in total. The van der Waals surface area contributed by atoms with E-state index in [0.29, 0.717) is 0 Å².